The van der Waals surface area contributed by atoms with Crippen LogP contribution in [0.4, 0.5) is 0 Å². The van der Waals surface area contributed by atoms with Gasteiger partial charge in [0.05, 0.1) is 6.21 Å². The Kier molecular flexibility index (Phi) is 4.06. The second-order valence-corrected chi connectivity index (χ2v) is 5.12. The molecule has 0 saturated carbocycles. The molecule has 0 bridgehead atoms. The van der Waals surface area contributed by atoms with Crippen molar-refractivity contribution in [1.29, 1.82) is 0 Å². The zero-order valence-corrected chi connectivity index (χ0v) is 11.2. The zero-order valence-electron chi connectivity index (χ0n) is 8.76. The number of hydrogen-bond acceptors (Lipinski definition) is 3. The Morgan fingerprint density at radius 3 is 2.71 bits per heavy atom. The maximum Gasteiger partial charge on any atom is 0.271 e. The van der Waals surface area contributed by atoms with Gasteiger partial charge in [0, 0.05) is 14.9 Å². The summed E-state index contributed by atoms with van der Waals surface area (Å²) in [6, 6.07) is 11.0. The normalized spacial score (nSPS) is 10.6. The molecule has 2 aromatic rings. The van der Waals surface area contributed by atoms with E-state index < -0.39 is 0 Å². The van der Waals surface area contributed by atoms with Crippen molar-refractivity contribution in [1.82, 2.24) is 5.43 Å². The Morgan fingerprint density at radius 1 is 1.29 bits per heavy atom. The number of amides is 1. The molecule has 5 heteroatoms. The number of thiophene rings is 1. The summed E-state index contributed by atoms with van der Waals surface area (Å²) < 4.78 is 0.941. The van der Waals surface area contributed by atoms with Crippen LogP contribution in [0.3, 0.4) is 0 Å². The number of carbonyl (C=O) groups excluding carboxylic acids is 1. The first kappa shape index (κ1) is 12.0. The Labute approximate surface area is 111 Å². The van der Waals surface area contributed by atoms with E-state index in [-0.39, 0.29) is 5.91 Å². The van der Waals surface area contributed by atoms with Crippen molar-refractivity contribution in [2.24, 2.45) is 5.10 Å². The smallest absolute Gasteiger partial charge is 0.267 e. The van der Waals surface area contributed by atoms with Gasteiger partial charge >= 0.3 is 0 Å². The molecular weight excluding hydrogens is 300 g/mol. The number of hydrazone groups is 1. The van der Waals surface area contributed by atoms with Crippen molar-refractivity contribution in [3.8, 4) is 0 Å². The third-order valence-corrected chi connectivity index (χ3v) is 3.34. The predicted octanol–water partition coefficient (Wildman–Crippen LogP) is 3.27. The Balaban J connectivity index is 1.96. The monoisotopic (exact) mass is 308 g/mol. The molecule has 2 rings (SSSR count). The van der Waals surface area contributed by atoms with E-state index >= 15 is 0 Å². The van der Waals surface area contributed by atoms with Gasteiger partial charge in [-0.1, -0.05) is 22.0 Å². The molecule has 0 spiro atoms. The second kappa shape index (κ2) is 5.75. The Hall–Kier alpha value is -1.46. The van der Waals surface area contributed by atoms with Crippen LogP contribution in [0.25, 0.3) is 0 Å². The van der Waals surface area contributed by atoms with Crippen molar-refractivity contribution < 1.29 is 4.79 Å². The second-order valence-electron chi connectivity index (χ2n) is 3.22. The maximum absolute atomic E-state index is 11.6. The van der Waals surface area contributed by atoms with Crippen molar-refractivity contribution in [2.75, 3.05) is 0 Å². The number of nitrogens with zero attached hydrogens (tertiary/aromatic N) is 1. The largest absolute Gasteiger partial charge is 0.271 e. The first-order valence-electron chi connectivity index (χ1n) is 4.88. The third kappa shape index (κ3) is 3.51. The fourth-order valence-corrected chi connectivity index (χ4v) is 2.03. The molecule has 0 unspecified atom stereocenters. The van der Waals surface area contributed by atoms with Gasteiger partial charge in [-0.2, -0.15) is 5.10 Å². The van der Waals surface area contributed by atoms with Gasteiger partial charge in [0.1, 0.15) is 0 Å². The van der Waals surface area contributed by atoms with Crippen LogP contribution in [0.15, 0.2) is 51.4 Å². The van der Waals surface area contributed by atoms with Gasteiger partial charge in [-0.05, 0) is 35.7 Å². The lowest BCUT2D eigenvalue weighted by atomic mass is 10.2. The lowest BCUT2D eigenvalue weighted by Crippen LogP contribution is -2.17. The molecule has 1 amide bonds. The van der Waals surface area contributed by atoms with Crippen LogP contribution in [-0.4, -0.2) is 12.1 Å². The molecule has 1 heterocycles. The maximum atomic E-state index is 11.6. The standard InChI is InChI=1S/C12H9BrN2OS/c13-10-5-3-9(4-6-10)12(16)15-14-8-11-2-1-7-17-11/h1-8H,(H,15,16)/b14-8+. The molecule has 3 nitrogen and oxygen atoms in total. The van der Waals surface area contributed by atoms with Crippen LogP contribution < -0.4 is 5.43 Å². The quantitative estimate of drug-likeness (QED) is 0.686. The van der Waals surface area contributed by atoms with Crippen LogP contribution in [-0.2, 0) is 0 Å². The van der Waals surface area contributed by atoms with Crippen LogP contribution >= 0.6 is 27.3 Å². The van der Waals surface area contributed by atoms with E-state index in [1.807, 2.05) is 29.6 Å². The number of rotatable bonds is 3. The molecule has 0 radical (unpaired) electrons. The summed E-state index contributed by atoms with van der Waals surface area (Å²) in [4.78, 5) is 12.6. The fourth-order valence-electron chi connectivity index (χ4n) is 1.19. The van der Waals surface area contributed by atoms with Crippen LogP contribution in [0, 0.1) is 0 Å². The summed E-state index contributed by atoms with van der Waals surface area (Å²) in [6.45, 7) is 0. The third-order valence-electron chi connectivity index (χ3n) is 2.01. The highest BCUT2D eigenvalue weighted by Crippen LogP contribution is 2.10. The summed E-state index contributed by atoms with van der Waals surface area (Å²) in [5, 5.41) is 5.84. The molecule has 0 fully saturated rings. The minimum atomic E-state index is -0.217. The van der Waals surface area contributed by atoms with Gasteiger partial charge < -0.3 is 0 Å². The molecule has 0 atom stereocenters. The van der Waals surface area contributed by atoms with Crippen LogP contribution in [0.1, 0.15) is 15.2 Å². The molecule has 1 N–H and O–H groups in total. The molecule has 1 aromatic carbocycles. The minimum Gasteiger partial charge on any atom is -0.267 e. The molecule has 1 aromatic heterocycles. The summed E-state index contributed by atoms with van der Waals surface area (Å²) >= 11 is 4.88. The average Bonchev–Trinajstić information content (AvgIpc) is 2.83. The SMILES string of the molecule is O=C(N/N=C/c1cccs1)c1ccc(Br)cc1. The number of benzene rings is 1. The number of hydrogen-bond donors (Lipinski definition) is 1. The van der Waals surface area contributed by atoms with Crippen molar-refractivity contribution >= 4 is 39.4 Å². The van der Waals surface area contributed by atoms with Crippen molar-refractivity contribution in [3.05, 3.63) is 56.7 Å². The van der Waals surface area contributed by atoms with Crippen molar-refractivity contribution in [3.63, 3.8) is 0 Å². The zero-order chi connectivity index (χ0) is 12.1. The number of carbonyl (C=O) groups is 1. The van der Waals surface area contributed by atoms with E-state index in [1.165, 1.54) is 0 Å². The Morgan fingerprint density at radius 2 is 2.06 bits per heavy atom. The lowest BCUT2D eigenvalue weighted by Gasteiger charge is -1.99. The van der Waals surface area contributed by atoms with Gasteiger partial charge in [-0.25, -0.2) is 5.43 Å². The average molecular weight is 309 g/mol. The van der Waals surface area contributed by atoms with E-state index in [1.54, 1.807) is 29.7 Å². The summed E-state index contributed by atoms with van der Waals surface area (Å²) in [5.74, 6) is -0.217. The fraction of sp³-hybridized carbons (Fsp3) is 0. The van der Waals surface area contributed by atoms with Gasteiger partial charge in [0.2, 0.25) is 0 Å². The first-order chi connectivity index (χ1) is 8.25. The van der Waals surface area contributed by atoms with E-state index in [2.05, 4.69) is 26.5 Å². The van der Waals surface area contributed by atoms with E-state index in [9.17, 15) is 4.79 Å². The highest BCUT2D eigenvalue weighted by atomic mass is 79.9. The van der Waals surface area contributed by atoms with Crippen molar-refractivity contribution in [2.45, 2.75) is 0 Å². The molecule has 0 aliphatic carbocycles. The van der Waals surface area contributed by atoms with E-state index in [4.69, 9.17) is 0 Å². The minimum absolute atomic E-state index is 0.217. The van der Waals surface area contributed by atoms with Gasteiger partial charge in [0.25, 0.3) is 5.91 Å². The molecule has 17 heavy (non-hydrogen) atoms. The number of halogens is 1. The summed E-state index contributed by atoms with van der Waals surface area (Å²) in [7, 11) is 0. The van der Waals surface area contributed by atoms with Gasteiger partial charge in [-0.3, -0.25) is 4.79 Å². The van der Waals surface area contributed by atoms with E-state index in [0.29, 0.717) is 5.56 Å². The molecule has 0 aliphatic heterocycles. The molecular formula is C12H9BrN2OS. The molecule has 0 saturated heterocycles. The number of nitrogens with one attached hydrogen (secondary N) is 1. The Bertz CT molecular complexity index is 520. The van der Waals surface area contributed by atoms with Crippen LogP contribution in [0.2, 0.25) is 0 Å². The summed E-state index contributed by atoms with van der Waals surface area (Å²) in [5.41, 5.74) is 3.06. The highest BCUT2D eigenvalue weighted by molar-refractivity contribution is 9.10. The van der Waals surface area contributed by atoms with Crippen LogP contribution in [0.5, 0.6) is 0 Å². The summed E-state index contributed by atoms with van der Waals surface area (Å²) in [6.07, 6.45) is 1.63. The highest BCUT2D eigenvalue weighted by Gasteiger charge is 2.02. The predicted molar refractivity (Wildman–Crippen MR) is 73.5 cm³/mol. The van der Waals surface area contributed by atoms with Gasteiger partial charge in [0.15, 0.2) is 0 Å². The molecule has 86 valence electrons. The van der Waals surface area contributed by atoms with Gasteiger partial charge in [-0.15, -0.1) is 11.3 Å². The topological polar surface area (TPSA) is 41.5 Å². The first-order valence-corrected chi connectivity index (χ1v) is 6.55. The lowest BCUT2D eigenvalue weighted by molar-refractivity contribution is 0.0955. The van der Waals surface area contributed by atoms with E-state index in [0.717, 1.165) is 9.35 Å². The molecule has 0 aliphatic rings.